The Kier molecular flexibility index (Phi) is 8.77. The summed E-state index contributed by atoms with van der Waals surface area (Å²) in [5.74, 6) is 0. The average Bonchev–Trinajstić information content (AvgIpc) is 3.74. The summed E-state index contributed by atoms with van der Waals surface area (Å²) in [5.41, 5.74) is 18.7. The molecule has 0 unspecified atom stereocenters. The van der Waals surface area contributed by atoms with E-state index in [-0.39, 0.29) is 0 Å². The summed E-state index contributed by atoms with van der Waals surface area (Å²) in [6.07, 6.45) is 0. The highest BCUT2D eigenvalue weighted by Gasteiger charge is 2.48. The van der Waals surface area contributed by atoms with Crippen LogP contribution in [-0.2, 0) is 5.41 Å². The van der Waals surface area contributed by atoms with E-state index in [4.69, 9.17) is 0 Å². The van der Waals surface area contributed by atoms with Crippen LogP contribution in [0.5, 0.6) is 0 Å². The standard InChI is InChI=1S/C65H42N2S/c1-4-20-43(21-5-1)47-28-18-29-48(44-22-6-2-7-23-44)64(47)67(46-38-39-51-50-27-11-15-35-58(50)66(60(51)42-46)45-24-8-3-9-25-45)59-41-40-52-49-26-10-12-31-54(49)65(57-34-19-30-53(59)63(52)57)55-32-13-16-36-61(55)68-62-37-17-14-33-56(62)65/h1-42H. The molecule has 0 fully saturated rings. The lowest BCUT2D eigenvalue weighted by molar-refractivity contribution is 0.707. The number of benzene rings is 11. The molecule has 3 heteroatoms. The number of hydrogen-bond acceptors (Lipinski definition) is 2. The van der Waals surface area contributed by atoms with Gasteiger partial charge in [-0.2, -0.15) is 0 Å². The summed E-state index contributed by atoms with van der Waals surface area (Å²) in [5, 5.41) is 4.93. The molecule has 1 aromatic heterocycles. The SMILES string of the molecule is c1ccc(-c2cccc(-c3ccccc3)c2N(c2ccc3c4ccccc4n(-c4ccccc4)c3c2)c2ccc3c4c(cccc24)C2(c4ccccc4Sc4ccccc42)c2ccccc2-3)cc1. The summed E-state index contributed by atoms with van der Waals surface area (Å²) in [6.45, 7) is 0. The first-order valence-corrected chi connectivity index (χ1v) is 24.2. The van der Waals surface area contributed by atoms with Gasteiger partial charge < -0.3 is 9.47 Å². The van der Waals surface area contributed by atoms with Crippen molar-refractivity contribution in [2.75, 3.05) is 4.90 Å². The van der Waals surface area contributed by atoms with Crippen LogP contribution in [0.1, 0.15) is 22.3 Å². The van der Waals surface area contributed by atoms with Crippen molar-refractivity contribution in [3.63, 3.8) is 0 Å². The number of fused-ring (bicyclic) bond motifs is 11. The Hall–Kier alpha value is -8.37. The molecule has 11 aromatic carbocycles. The Bertz CT molecular complexity index is 3840. The van der Waals surface area contributed by atoms with Crippen molar-refractivity contribution in [2.45, 2.75) is 15.2 Å². The summed E-state index contributed by atoms with van der Waals surface area (Å²) in [4.78, 5) is 5.17. The second-order valence-electron chi connectivity index (χ2n) is 17.9. The average molecular weight is 883 g/mol. The van der Waals surface area contributed by atoms with Crippen molar-refractivity contribution >= 4 is 61.4 Å². The van der Waals surface area contributed by atoms with Crippen molar-refractivity contribution in [1.29, 1.82) is 0 Å². The lowest BCUT2D eigenvalue weighted by Crippen LogP contribution is -2.36. The van der Waals surface area contributed by atoms with E-state index in [0.717, 1.165) is 50.5 Å². The molecule has 1 aliphatic carbocycles. The number of rotatable bonds is 6. The fourth-order valence-corrected chi connectivity index (χ4v) is 12.9. The predicted molar refractivity (Wildman–Crippen MR) is 285 cm³/mol. The lowest BCUT2D eigenvalue weighted by atomic mass is 9.59. The molecule has 14 rings (SSSR count). The number of aromatic nitrogens is 1. The first-order valence-electron chi connectivity index (χ1n) is 23.4. The number of anilines is 3. The Morgan fingerprint density at radius 1 is 0.353 bits per heavy atom. The Morgan fingerprint density at radius 3 is 1.59 bits per heavy atom. The Labute approximate surface area is 400 Å². The summed E-state index contributed by atoms with van der Waals surface area (Å²) in [7, 11) is 0. The zero-order chi connectivity index (χ0) is 44.8. The summed E-state index contributed by atoms with van der Waals surface area (Å²) in [6, 6.07) is 94.6. The van der Waals surface area contributed by atoms with Gasteiger partial charge in [-0.05, 0) is 98.4 Å². The normalized spacial score (nSPS) is 13.1. The zero-order valence-electron chi connectivity index (χ0n) is 37.1. The van der Waals surface area contributed by atoms with Gasteiger partial charge in [0.15, 0.2) is 0 Å². The molecule has 68 heavy (non-hydrogen) atoms. The van der Waals surface area contributed by atoms with Crippen LogP contribution in [0.3, 0.4) is 0 Å². The van der Waals surface area contributed by atoms with Crippen LogP contribution in [0.15, 0.2) is 265 Å². The van der Waals surface area contributed by atoms with E-state index in [0.29, 0.717) is 0 Å². The predicted octanol–water partition coefficient (Wildman–Crippen LogP) is 17.6. The minimum absolute atomic E-state index is 0.544. The van der Waals surface area contributed by atoms with Gasteiger partial charge in [-0.15, -0.1) is 0 Å². The number of hydrogen-bond donors (Lipinski definition) is 0. The maximum Gasteiger partial charge on any atom is 0.0735 e. The molecule has 0 radical (unpaired) electrons. The Balaban J connectivity index is 1.14. The molecular weight excluding hydrogens is 841 g/mol. The maximum absolute atomic E-state index is 2.58. The smallest absolute Gasteiger partial charge is 0.0735 e. The van der Waals surface area contributed by atoms with Crippen LogP contribution in [0.2, 0.25) is 0 Å². The van der Waals surface area contributed by atoms with E-state index in [9.17, 15) is 0 Å². The van der Waals surface area contributed by atoms with Gasteiger partial charge >= 0.3 is 0 Å². The third kappa shape index (κ3) is 5.60. The molecule has 318 valence electrons. The molecule has 0 saturated carbocycles. The maximum atomic E-state index is 2.58. The van der Waals surface area contributed by atoms with Gasteiger partial charge in [0.2, 0.25) is 0 Å². The molecule has 2 nitrogen and oxygen atoms in total. The minimum atomic E-state index is -0.544. The minimum Gasteiger partial charge on any atom is -0.309 e. The molecule has 2 aliphatic rings. The molecule has 12 aromatic rings. The highest BCUT2D eigenvalue weighted by atomic mass is 32.2. The van der Waals surface area contributed by atoms with E-state index in [1.54, 1.807) is 0 Å². The van der Waals surface area contributed by atoms with Gasteiger partial charge in [0, 0.05) is 48.5 Å². The molecule has 0 saturated heterocycles. The molecule has 1 spiro atoms. The van der Waals surface area contributed by atoms with Gasteiger partial charge in [-0.25, -0.2) is 0 Å². The molecule has 0 amide bonds. The van der Waals surface area contributed by atoms with Crippen molar-refractivity contribution in [3.05, 3.63) is 277 Å². The van der Waals surface area contributed by atoms with E-state index in [1.807, 2.05) is 11.8 Å². The van der Waals surface area contributed by atoms with Crippen LogP contribution >= 0.6 is 11.8 Å². The fourth-order valence-electron chi connectivity index (χ4n) is 11.7. The fraction of sp³-hybridized carbons (Fsp3) is 0.0154. The van der Waals surface area contributed by atoms with E-state index in [1.165, 1.54) is 70.2 Å². The second kappa shape index (κ2) is 15.4. The molecule has 0 atom stereocenters. The zero-order valence-corrected chi connectivity index (χ0v) is 37.9. The van der Waals surface area contributed by atoms with Crippen molar-refractivity contribution < 1.29 is 0 Å². The third-order valence-corrected chi connectivity index (χ3v) is 15.6. The van der Waals surface area contributed by atoms with Gasteiger partial charge in [-0.1, -0.05) is 218 Å². The third-order valence-electron chi connectivity index (χ3n) is 14.4. The molecule has 1 aliphatic heterocycles. The highest BCUT2D eigenvalue weighted by Crippen LogP contribution is 2.62. The Morgan fingerprint density at radius 2 is 0.882 bits per heavy atom. The quantitative estimate of drug-likeness (QED) is 0.164. The van der Waals surface area contributed by atoms with Crippen molar-refractivity contribution in [3.8, 4) is 39.1 Å². The second-order valence-corrected chi connectivity index (χ2v) is 19.0. The largest absolute Gasteiger partial charge is 0.309 e. The van der Waals surface area contributed by atoms with Crippen LogP contribution < -0.4 is 4.90 Å². The number of para-hydroxylation sites is 3. The molecule has 0 bridgehead atoms. The van der Waals surface area contributed by atoms with Gasteiger partial charge in [-0.3, -0.25) is 0 Å². The van der Waals surface area contributed by atoms with E-state index in [2.05, 4.69) is 264 Å². The van der Waals surface area contributed by atoms with E-state index < -0.39 is 5.41 Å². The molecule has 0 N–H and O–H groups in total. The van der Waals surface area contributed by atoms with Gasteiger partial charge in [0.1, 0.15) is 0 Å². The van der Waals surface area contributed by atoms with Crippen molar-refractivity contribution in [2.24, 2.45) is 0 Å². The lowest BCUT2D eigenvalue weighted by Gasteiger charge is -2.46. The molecule has 2 heterocycles. The highest BCUT2D eigenvalue weighted by molar-refractivity contribution is 7.99. The van der Waals surface area contributed by atoms with Crippen molar-refractivity contribution in [1.82, 2.24) is 4.57 Å². The van der Waals surface area contributed by atoms with Gasteiger partial charge in [0.05, 0.1) is 27.8 Å². The summed E-state index contributed by atoms with van der Waals surface area (Å²) >= 11 is 1.89. The molecular formula is C65H42N2S. The monoisotopic (exact) mass is 882 g/mol. The van der Waals surface area contributed by atoms with E-state index >= 15 is 0 Å². The first kappa shape index (κ1) is 38.9. The van der Waals surface area contributed by atoms with Crippen LogP contribution in [-0.4, -0.2) is 4.57 Å². The first-order chi connectivity index (χ1) is 33.8. The van der Waals surface area contributed by atoms with Crippen LogP contribution in [0.4, 0.5) is 17.1 Å². The number of nitrogens with zero attached hydrogens (tertiary/aromatic N) is 2. The van der Waals surface area contributed by atoms with Crippen LogP contribution in [0.25, 0.3) is 71.6 Å². The van der Waals surface area contributed by atoms with Gasteiger partial charge in [0.25, 0.3) is 0 Å². The van der Waals surface area contributed by atoms with Crippen LogP contribution in [0, 0.1) is 0 Å². The summed E-state index contributed by atoms with van der Waals surface area (Å²) < 4.78 is 2.43. The topological polar surface area (TPSA) is 8.17 Å².